The Morgan fingerprint density at radius 2 is 1.88 bits per heavy atom. The van der Waals surface area contributed by atoms with Crippen LogP contribution in [0.5, 0.6) is 5.75 Å². The van der Waals surface area contributed by atoms with Crippen molar-refractivity contribution in [1.82, 2.24) is 14.8 Å². The third-order valence-corrected chi connectivity index (χ3v) is 6.64. The highest BCUT2D eigenvalue weighted by Crippen LogP contribution is 2.40. The summed E-state index contributed by atoms with van der Waals surface area (Å²) in [4.78, 5) is 14.0. The second kappa shape index (κ2) is 9.03. The normalized spacial score (nSPS) is 15.5. The fraction of sp³-hybridized carbons (Fsp3) is 0.192. The van der Waals surface area contributed by atoms with Crippen molar-refractivity contribution in [2.24, 2.45) is 5.10 Å². The zero-order chi connectivity index (χ0) is 22.8. The highest BCUT2D eigenvalue weighted by molar-refractivity contribution is 7.13. The molecule has 33 heavy (non-hydrogen) atoms. The van der Waals surface area contributed by atoms with Crippen LogP contribution in [0.4, 0.5) is 0 Å². The number of nitrogens with zero attached hydrogens (tertiary/aromatic N) is 4. The predicted molar refractivity (Wildman–Crippen MR) is 131 cm³/mol. The standard InChI is InChI=1S/C26H24N4O2S/c1-3-25(31)30-22(16-21(27-30)19-12-7-8-13-23(19)32-2)20-17-29(18-10-5-4-6-11-18)28-26(20)24-14-9-15-33-24/h4-15,17,22H,3,16H2,1-2H3/t22-/m1/s1. The van der Waals surface area contributed by atoms with Crippen molar-refractivity contribution >= 4 is 23.0 Å². The van der Waals surface area contributed by atoms with E-state index in [2.05, 4.69) is 6.07 Å². The van der Waals surface area contributed by atoms with E-state index in [1.165, 1.54) is 0 Å². The van der Waals surface area contributed by atoms with Gasteiger partial charge in [-0.1, -0.05) is 43.3 Å². The summed E-state index contributed by atoms with van der Waals surface area (Å²) in [6.07, 6.45) is 3.00. The molecule has 5 rings (SSSR count). The van der Waals surface area contributed by atoms with Gasteiger partial charge in [-0.2, -0.15) is 10.2 Å². The highest BCUT2D eigenvalue weighted by atomic mass is 32.1. The molecule has 0 unspecified atom stereocenters. The molecular weight excluding hydrogens is 432 g/mol. The van der Waals surface area contributed by atoms with Gasteiger partial charge < -0.3 is 4.74 Å². The van der Waals surface area contributed by atoms with Crippen molar-refractivity contribution < 1.29 is 9.53 Å². The van der Waals surface area contributed by atoms with Crippen LogP contribution >= 0.6 is 11.3 Å². The van der Waals surface area contributed by atoms with Crippen molar-refractivity contribution in [3.8, 4) is 22.0 Å². The minimum Gasteiger partial charge on any atom is -0.496 e. The summed E-state index contributed by atoms with van der Waals surface area (Å²) in [5, 5.41) is 13.4. The predicted octanol–water partition coefficient (Wildman–Crippen LogP) is 5.70. The molecule has 0 spiro atoms. The smallest absolute Gasteiger partial charge is 0.242 e. The van der Waals surface area contributed by atoms with Gasteiger partial charge in [-0.05, 0) is 35.7 Å². The van der Waals surface area contributed by atoms with Crippen molar-refractivity contribution in [3.05, 3.63) is 89.4 Å². The topological polar surface area (TPSA) is 59.7 Å². The summed E-state index contributed by atoms with van der Waals surface area (Å²) in [6.45, 7) is 1.86. The lowest BCUT2D eigenvalue weighted by Crippen LogP contribution is -2.26. The Bertz CT molecular complexity index is 1300. The summed E-state index contributed by atoms with van der Waals surface area (Å²) in [6, 6.07) is 21.7. The van der Waals surface area contributed by atoms with Gasteiger partial charge in [-0.3, -0.25) is 4.79 Å². The number of hydrogen-bond donors (Lipinski definition) is 0. The Labute approximate surface area is 196 Å². The van der Waals surface area contributed by atoms with E-state index in [9.17, 15) is 4.79 Å². The second-order valence-electron chi connectivity index (χ2n) is 7.75. The van der Waals surface area contributed by atoms with Crippen LogP contribution in [0.1, 0.15) is 36.9 Å². The zero-order valence-corrected chi connectivity index (χ0v) is 19.3. The van der Waals surface area contributed by atoms with E-state index < -0.39 is 0 Å². The van der Waals surface area contributed by atoms with Crippen molar-refractivity contribution in [1.29, 1.82) is 0 Å². The molecular formula is C26H24N4O2S. The number of ether oxygens (including phenoxy) is 1. The van der Waals surface area contributed by atoms with E-state index in [4.69, 9.17) is 14.9 Å². The van der Waals surface area contributed by atoms with Crippen LogP contribution in [-0.4, -0.2) is 33.5 Å². The molecule has 0 saturated heterocycles. The third kappa shape index (κ3) is 3.96. The van der Waals surface area contributed by atoms with Crippen molar-refractivity contribution in [2.45, 2.75) is 25.8 Å². The summed E-state index contributed by atoms with van der Waals surface area (Å²) < 4.78 is 7.46. The molecule has 2 aromatic heterocycles. The van der Waals surface area contributed by atoms with Gasteiger partial charge in [0.2, 0.25) is 5.91 Å². The molecule has 0 fully saturated rings. The Morgan fingerprint density at radius 1 is 1.09 bits per heavy atom. The molecule has 0 radical (unpaired) electrons. The van der Waals surface area contributed by atoms with Gasteiger partial charge in [-0.15, -0.1) is 11.3 Å². The van der Waals surface area contributed by atoms with Gasteiger partial charge in [0.15, 0.2) is 0 Å². The number of hydrogen-bond acceptors (Lipinski definition) is 5. The maximum Gasteiger partial charge on any atom is 0.242 e. The number of thiophene rings is 1. The van der Waals surface area contributed by atoms with Crippen LogP contribution in [0.25, 0.3) is 16.3 Å². The van der Waals surface area contributed by atoms with Crippen LogP contribution in [0.2, 0.25) is 0 Å². The number of rotatable bonds is 6. The maximum atomic E-state index is 13.0. The molecule has 2 aromatic carbocycles. The summed E-state index contributed by atoms with van der Waals surface area (Å²) in [7, 11) is 1.65. The van der Waals surface area contributed by atoms with Crippen LogP contribution < -0.4 is 4.74 Å². The van der Waals surface area contributed by atoms with E-state index in [1.54, 1.807) is 23.5 Å². The van der Waals surface area contributed by atoms with Crippen LogP contribution in [0.3, 0.4) is 0 Å². The van der Waals surface area contributed by atoms with Gasteiger partial charge in [-0.25, -0.2) is 9.69 Å². The van der Waals surface area contributed by atoms with Crippen LogP contribution in [0, 0.1) is 0 Å². The Hall–Kier alpha value is -3.71. The Balaban J connectivity index is 1.61. The molecule has 0 bridgehead atoms. The lowest BCUT2D eigenvalue weighted by atomic mass is 9.97. The van der Waals surface area contributed by atoms with Gasteiger partial charge >= 0.3 is 0 Å². The molecule has 1 amide bonds. The van der Waals surface area contributed by atoms with E-state index in [-0.39, 0.29) is 11.9 Å². The van der Waals surface area contributed by atoms with E-state index in [0.717, 1.165) is 38.8 Å². The molecule has 4 aromatic rings. The lowest BCUT2D eigenvalue weighted by Gasteiger charge is -2.21. The average molecular weight is 457 g/mol. The monoisotopic (exact) mass is 456 g/mol. The molecule has 0 saturated carbocycles. The minimum atomic E-state index is -0.244. The molecule has 7 heteroatoms. The van der Waals surface area contributed by atoms with Crippen molar-refractivity contribution in [2.75, 3.05) is 7.11 Å². The molecule has 0 N–H and O–H groups in total. The molecule has 1 aliphatic rings. The SMILES string of the molecule is CCC(=O)N1N=C(c2ccccc2OC)C[C@@H]1c1cn(-c2ccccc2)nc1-c1cccs1. The first-order chi connectivity index (χ1) is 16.2. The summed E-state index contributed by atoms with van der Waals surface area (Å²) >= 11 is 1.64. The first kappa shape index (κ1) is 21.2. The van der Waals surface area contributed by atoms with Gasteiger partial charge in [0.1, 0.15) is 11.4 Å². The molecule has 166 valence electrons. The van der Waals surface area contributed by atoms with E-state index in [0.29, 0.717) is 12.8 Å². The van der Waals surface area contributed by atoms with Gasteiger partial charge in [0, 0.05) is 30.2 Å². The number of carbonyl (C=O) groups is 1. The zero-order valence-electron chi connectivity index (χ0n) is 18.5. The molecule has 1 aliphatic heterocycles. The number of para-hydroxylation sites is 2. The molecule has 6 nitrogen and oxygen atoms in total. The van der Waals surface area contributed by atoms with Gasteiger partial charge in [0.25, 0.3) is 0 Å². The number of methoxy groups -OCH3 is 1. The molecule has 0 aliphatic carbocycles. The number of amides is 1. The van der Waals surface area contributed by atoms with Gasteiger partial charge in [0.05, 0.1) is 29.4 Å². The summed E-state index contributed by atoms with van der Waals surface area (Å²) in [5.41, 5.74) is 4.58. The molecule has 3 heterocycles. The lowest BCUT2D eigenvalue weighted by molar-refractivity contribution is -0.132. The van der Waals surface area contributed by atoms with Crippen LogP contribution in [-0.2, 0) is 4.79 Å². The van der Waals surface area contributed by atoms with Crippen molar-refractivity contribution in [3.63, 3.8) is 0 Å². The minimum absolute atomic E-state index is 0.0190. The summed E-state index contributed by atoms with van der Waals surface area (Å²) in [5.74, 6) is 0.730. The largest absolute Gasteiger partial charge is 0.496 e. The second-order valence-corrected chi connectivity index (χ2v) is 8.70. The Morgan fingerprint density at radius 3 is 2.61 bits per heavy atom. The Kier molecular flexibility index (Phi) is 5.79. The number of hydrazone groups is 1. The maximum absolute atomic E-state index is 13.0. The number of aromatic nitrogens is 2. The first-order valence-electron chi connectivity index (χ1n) is 10.9. The molecule has 1 atom stereocenters. The number of benzene rings is 2. The number of carbonyl (C=O) groups excluding carboxylic acids is 1. The average Bonchev–Trinajstić information content (AvgIpc) is 3.63. The quantitative estimate of drug-likeness (QED) is 0.374. The van der Waals surface area contributed by atoms with Crippen LogP contribution in [0.15, 0.2) is 83.4 Å². The third-order valence-electron chi connectivity index (χ3n) is 5.76. The van der Waals surface area contributed by atoms with E-state index in [1.807, 2.05) is 83.8 Å². The highest BCUT2D eigenvalue weighted by Gasteiger charge is 2.36. The first-order valence-corrected chi connectivity index (χ1v) is 11.8. The van der Waals surface area contributed by atoms with E-state index >= 15 is 0 Å². The fourth-order valence-corrected chi connectivity index (χ4v) is 4.87. The fourth-order valence-electron chi connectivity index (χ4n) is 4.14.